The van der Waals surface area contributed by atoms with E-state index < -0.39 is 5.97 Å². The van der Waals surface area contributed by atoms with Crippen LogP contribution in [0.3, 0.4) is 0 Å². The van der Waals surface area contributed by atoms with Crippen molar-refractivity contribution in [3.05, 3.63) is 54.1 Å². The van der Waals surface area contributed by atoms with Crippen molar-refractivity contribution in [1.29, 1.82) is 0 Å². The zero-order valence-electron chi connectivity index (χ0n) is 14.3. The number of nitrogens with one attached hydrogen (secondary N) is 2. The number of amides is 2. The molecule has 7 heteroatoms. The molecule has 0 saturated heterocycles. The van der Waals surface area contributed by atoms with Crippen LogP contribution in [0.5, 0.6) is 0 Å². The fraction of sp³-hybridized carbons (Fsp3) is 0.211. The molecule has 0 spiro atoms. The van der Waals surface area contributed by atoms with Gasteiger partial charge < -0.3 is 15.7 Å². The minimum absolute atomic E-state index is 0.0778. The molecule has 26 heavy (non-hydrogen) atoms. The number of benzene rings is 2. The number of rotatable bonds is 8. The second-order valence-corrected chi connectivity index (χ2v) is 6.72. The first kappa shape index (κ1) is 19.5. The normalized spacial score (nSPS) is 10.2. The summed E-state index contributed by atoms with van der Waals surface area (Å²) in [5.41, 5.74) is 2.40. The van der Waals surface area contributed by atoms with Crippen LogP contribution in [0.2, 0.25) is 0 Å². The van der Waals surface area contributed by atoms with Gasteiger partial charge in [0, 0.05) is 22.7 Å². The zero-order chi connectivity index (χ0) is 18.9. The van der Waals surface area contributed by atoms with Crippen LogP contribution < -0.4 is 10.6 Å². The van der Waals surface area contributed by atoms with E-state index in [2.05, 4.69) is 10.6 Å². The van der Waals surface area contributed by atoms with E-state index in [1.54, 1.807) is 18.2 Å². The summed E-state index contributed by atoms with van der Waals surface area (Å²) >= 11 is 1.35. The van der Waals surface area contributed by atoms with E-state index in [0.29, 0.717) is 5.69 Å². The predicted molar refractivity (Wildman–Crippen MR) is 102 cm³/mol. The van der Waals surface area contributed by atoms with Crippen LogP contribution in [0.4, 0.5) is 11.4 Å². The Kier molecular flexibility index (Phi) is 7.23. The molecule has 0 atom stereocenters. The molecule has 2 aromatic rings. The molecule has 136 valence electrons. The molecular formula is C19H20N2O4S. The Bertz CT molecular complexity index is 808. The Morgan fingerprint density at radius 1 is 0.923 bits per heavy atom. The molecule has 0 aliphatic rings. The molecule has 2 aromatic carbocycles. The van der Waals surface area contributed by atoms with Crippen molar-refractivity contribution in [2.75, 3.05) is 16.4 Å². The van der Waals surface area contributed by atoms with Gasteiger partial charge in [0.2, 0.25) is 11.8 Å². The van der Waals surface area contributed by atoms with Crippen LogP contribution in [0, 0.1) is 6.92 Å². The summed E-state index contributed by atoms with van der Waals surface area (Å²) in [6.45, 7) is 1.96. The quantitative estimate of drug-likeness (QED) is 0.616. The smallest absolute Gasteiger partial charge is 0.303 e. The molecule has 0 saturated carbocycles. The van der Waals surface area contributed by atoms with Crippen molar-refractivity contribution < 1.29 is 19.5 Å². The van der Waals surface area contributed by atoms with Gasteiger partial charge in [-0.25, -0.2) is 0 Å². The fourth-order valence-electron chi connectivity index (χ4n) is 2.18. The van der Waals surface area contributed by atoms with Gasteiger partial charge in [0.15, 0.2) is 0 Å². The largest absolute Gasteiger partial charge is 0.481 e. The minimum atomic E-state index is -1.01. The minimum Gasteiger partial charge on any atom is -0.481 e. The van der Waals surface area contributed by atoms with E-state index in [4.69, 9.17) is 5.11 Å². The highest BCUT2D eigenvalue weighted by Gasteiger charge is 2.08. The molecular weight excluding hydrogens is 352 g/mol. The topological polar surface area (TPSA) is 95.5 Å². The van der Waals surface area contributed by atoms with Crippen LogP contribution in [0.1, 0.15) is 18.4 Å². The number of carbonyl (C=O) groups is 3. The van der Waals surface area contributed by atoms with E-state index in [0.717, 1.165) is 16.1 Å². The number of carboxylic acid groups (broad SMARTS) is 1. The summed E-state index contributed by atoms with van der Waals surface area (Å²) in [6.07, 6.45) is -0.287. The highest BCUT2D eigenvalue weighted by Crippen LogP contribution is 2.22. The first-order valence-electron chi connectivity index (χ1n) is 8.03. The number of aryl methyl sites for hydroxylation is 1. The molecule has 0 aromatic heterocycles. The summed E-state index contributed by atoms with van der Waals surface area (Å²) in [5, 5.41) is 14.1. The van der Waals surface area contributed by atoms with Crippen LogP contribution in [0.25, 0.3) is 0 Å². The van der Waals surface area contributed by atoms with Crippen molar-refractivity contribution in [2.45, 2.75) is 24.7 Å². The Hall–Kier alpha value is -2.80. The average molecular weight is 372 g/mol. The Morgan fingerprint density at radius 2 is 1.58 bits per heavy atom. The van der Waals surface area contributed by atoms with Gasteiger partial charge in [-0.05, 0) is 42.8 Å². The van der Waals surface area contributed by atoms with E-state index in [9.17, 15) is 14.4 Å². The van der Waals surface area contributed by atoms with Crippen LogP contribution >= 0.6 is 11.8 Å². The zero-order valence-corrected chi connectivity index (χ0v) is 15.1. The van der Waals surface area contributed by atoms with Gasteiger partial charge in [0.1, 0.15) is 0 Å². The summed E-state index contributed by atoms with van der Waals surface area (Å²) in [4.78, 5) is 35.1. The van der Waals surface area contributed by atoms with E-state index >= 15 is 0 Å². The maximum atomic E-state index is 12.1. The predicted octanol–water partition coefficient (Wildman–Crippen LogP) is 3.53. The molecule has 0 heterocycles. The fourth-order valence-corrected chi connectivity index (χ4v) is 2.93. The lowest BCUT2D eigenvalue weighted by Gasteiger charge is -2.08. The molecule has 0 fully saturated rings. The lowest BCUT2D eigenvalue weighted by Crippen LogP contribution is -2.14. The Morgan fingerprint density at radius 3 is 2.27 bits per heavy atom. The third-order valence-electron chi connectivity index (χ3n) is 3.36. The lowest BCUT2D eigenvalue weighted by atomic mass is 10.2. The van der Waals surface area contributed by atoms with Crippen molar-refractivity contribution in [3.63, 3.8) is 0 Å². The number of thioether (sulfide) groups is 1. The number of anilines is 2. The van der Waals surface area contributed by atoms with E-state index in [-0.39, 0.29) is 30.4 Å². The molecule has 2 rings (SSSR count). The first-order chi connectivity index (χ1) is 12.4. The van der Waals surface area contributed by atoms with Gasteiger partial charge in [-0.3, -0.25) is 14.4 Å². The van der Waals surface area contributed by atoms with Gasteiger partial charge in [0.25, 0.3) is 0 Å². The molecule has 0 aliphatic carbocycles. The summed E-state index contributed by atoms with van der Waals surface area (Å²) in [5.74, 6) is -1.24. The molecule has 3 N–H and O–H groups in total. The average Bonchev–Trinajstić information content (AvgIpc) is 2.58. The van der Waals surface area contributed by atoms with Gasteiger partial charge in [-0.1, -0.05) is 18.2 Å². The molecule has 0 bridgehead atoms. The van der Waals surface area contributed by atoms with Crippen LogP contribution in [0.15, 0.2) is 53.4 Å². The van der Waals surface area contributed by atoms with Crippen LogP contribution in [-0.4, -0.2) is 28.6 Å². The third kappa shape index (κ3) is 6.98. The molecule has 2 amide bonds. The third-order valence-corrected chi connectivity index (χ3v) is 4.35. The molecule has 0 aliphatic heterocycles. The first-order valence-corrected chi connectivity index (χ1v) is 9.02. The standard InChI is InChI=1S/C19H20N2O4S/c1-13-4-2-5-14(10-13)21-18(23)12-26-16-7-3-6-15(11-16)20-17(22)8-9-19(24)25/h2-7,10-11H,8-9,12H2,1H3,(H,20,22)(H,21,23)(H,24,25). The summed E-state index contributed by atoms with van der Waals surface area (Å²) in [6, 6.07) is 14.7. The SMILES string of the molecule is Cc1cccc(NC(=O)CSc2cccc(NC(=O)CCC(=O)O)c2)c1. The second-order valence-electron chi connectivity index (χ2n) is 5.68. The second kappa shape index (κ2) is 9.62. The van der Waals surface area contributed by atoms with E-state index in [1.165, 1.54) is 11.8 Å². The van der Waals surface area contributed by atoms with E-state index in [1.807, 2.05) is 37.3 Å². The highest BCUT2D eigenvalue weighted by molar-refractivity contribution is 8.00. The number of hydrogen-bond donors (Lipinski definition) is 3. The number of hydrogen-bond acceptors (Lipinski definition) is 4. The monoisotopic (exact) mass is 372 g/mol. The Balaban J connectivity index is 1.85. The van der Waals surface area contributed by atoms with Crippen LogP contribution in [-0.2, 0) is 14.4 Å². The maximum Gasteiger partial charge on any atom is 0.303 e. The molecule has 6 nitrogen and oxygen atoms in total. The van der Waals surface area contributed by atoms with Gasteiger partial charge in [-0.2, -0.15) is 0 Å². The lowest BCUT2D eigenvalue weighted by molar-refractivity contribution is -0.138. The van der Waals surface area contributed by atoms with Gasteiger partial charge >= 0.3 is 5.97 Å². The van der Waals surface area contributed by atoms with Crippen molar-refractivity contribution in [3.8, 4) is 0 Å². The van der Waals surface area contributed by atoms with Gasteiger partial charge in [-0.15, -0.1) is 11.8 Å². The van der Waals surface area contributed by atoms with Gasteiger partial charge in [0.05, 0.1) is 12.2 Å². The Labute approximate surface area is 156 Å². The number of carboxylic acids is 1. The summed E-state index contributed by atoms with van der Waals surface area (Å²) in [7, 11) is 0. The highest BCUT2D eigenvalue weighted by atomic mass is 32.2. The number of carbonyl (C=O) groups excluding carboxylic acids is 2. The molecule has 0 unspecified atom stereocenters. The van der Waals surface area contributed by atoms with Crippen molar-refractivity contribution in [1.82, 2.24) is 0 Å². The molecule has 0 radical (unpaired) electrons. The summed E-state index contributed by atoms with van der Waals surface area (Å²) < 4.78 is 0. The van der Waals surface area contributed by atoms with Crippen molar-refractivity contribution >= 4 is 40.9 Å². The van der Waals surface area contributed by atoms with Crippen molar-refractivity contribution in [2.24, 2.45) is 0 Å². The maximum absolute atomic E-state index is 12.1. The number of aliphatic carboxylic acids is 1.